The first-order valence-electron chi connectivity index (χ1n) is 6.68. The fourth-order valence-corrected chi connectivity index (χ4v) is 2.42. The lowest BCUT2D eigenvalue weighted by Gasteiger charge is -2.00. The van der Waals surface area contributed by atoms with Gasteiger partial charge in [0.05, 0.1) is 5.69 Å². The largest absolute Gasteiger partial charge is 0.452 e. The Hall–Kier alpha value is -2.36. The molecule has 20 heavy (non-hydrogen) atoms. The SMILES string of the molecule is CCn1nc(C)cc1C(=O)c1cc2cccc(C)c2o1. The molecule has 0 radical (unpaired) electrons. The Morgan fingerprint density at radius 3 is 2.80 bits per heavy atom. The molecule has 0 unspecified atom stereocenters. The molecule has 0 aliphatic rings. The predicted octanol–water partition coefficient (Wildman–Crippen LogP) is 3.50. The number of aryl methyl sites for hydroxylation is 3. The molecule has 4 nitrogen and oxygen atoms in total. The number of hydrogen-bond donors (Lipinski definition) is 0. The zero-order chi connectivity index (χ0) is 14.3. The number of para-hydroxylation sites is 1. The number of carbonyl (C=O) groups excluding carboxylic acids is 1. The summed E-state index contributed by atoms with van der Waals surface area (Å²) in [5.41, 5.74) is 3.21. The number of rotatable bonds is 3. The summed E-state index contributed by atoms with van der Waals surface area (Å²) in [7, 11) is 0. The van der Waals surface area contributed by atoms with Gasteiger partial charge in [0.1, 0.15) is 11.3 Å². The average Bonchev–Trinajstić information content (AvgIpc) is 3.02. The van der Waals surface area contributed by atoms with Crippen molar-refractivity contribution in [1.29, 1.82) is 0 Å². The van der Waals surface area contributed by atoms with Crippen LogP contribution < -0.4 is 0 Å². The van der Waals surface area contributed by atoms with Crippen LogP contribution in [0.3, 0.4) is 0 Å². The van der Waals surface area contributed by atoms with Crippen molar-refractivity contribution in [3.63, 3.8) is 0 Å². The van der Waals surface area contributed by atoms with Crippen LogP contribution in [-0.4, -0.2) is 15.6 Å². The number of benzene rings is 1. The van der Waals surface area contributed by atoms with Crippen LogP contribution in [0.4, 0.5) is 0 Å². The minimum absolute atomic E-state index is 0.122. The number of fused-ring (bicyclic) bond motifs is 1. The van der Waals surface area contributed by atoms with Crippen LogP contribution in [0.25, 0.3) is 11.0 Å². The van der Waals surface area contributed by atoms with Crippen LogP contribution in [-0.2, 0) is 6.54 Å². The number of ketones is 1. The molecule has 2 heterocycles. The van der Waals surface area contributed by atoms with Crippen molar-refractivity contribution >= 4 is 16.8 Å². The molecule has 0 amide bonds. The minimum atomic E-state index is -0.122. The van der Waals surface area contributed by atoms with Gasteiger partial charge in [-0.15, -0.1) is 0 Å². The van der Waals surface area contributed by atoms with Crippen molar-refractivity contribution in [3.8, 4) is 0 Å². The third-order valence-corrected chi connectivity index (χ3v) is 3.40. The first-order chi connectivity index (χ1) is 9.60. The maximum Gasteiger partial charge on any atom is 0.246 e. The smallest absolute Gasteiger partial charge is 0.246 e. The van der Waals surface area contributed by atoms with Gasteiger partial charge in [-0.25, -0.2) is 0 Å². The van der Waals surface area contributed by atoms with Crippen LogP contribution in [0.15, 0.2) is 34.7 Å². The second-order valence-corrected chi connectivity index (χ2v) is 4.92. The lowest BCUT2D eigenvalue weighted by Crippen LogP contribution is -2.09. The number of carbonyl (C=O) groups is 1. The summed E-state index contributed by atoms with van der Waals surface area (Å²) < 4.78 is 7.44. The molecule has 0 atom stereocenters. The highest BCUT2D eigenvalue weighted by molar-refractivity contribution is 6.08. The van der Waals surface area contributed by atoms with Crippen LogP contribution in [0.1, 0.15) is 34.4 Å². The molecule has 102 valence electrons. The van der Waals surface area contributed by atoms with E-state index >= 15 is 0 Å². The quantitative estimate of drug-likeness (QED) is 0.683. The van der Waals surface area contributed by atoms with E-state index in [-0.39, 0.29) is 5.78 Å². The van der Waals surface area contributed by atoms with Crippen molar-refractivity contribution in [3.05, 3.63) is 53.0 Å². The van der Waals surface area contributed by atoms with Crippen LogP contribution in [0, 0.1) is 13.8 Å². The van der Waals surface area contributed by atoms with Gasteiger partial charge in [-0.05, 0) is 38.5 Å². The van der Waals surface area contributed by atoms with Gasteiger partial charge in [0.15, 0.2) is 5.76 Å². The third-order valence-electron chi connectivity index (χ3n) is 3.40. The Morgan fingerprint density at radius 1 is 1.30 bits per heavy atom. The minimum Gasteiger partial charge on any atom is -0.452 e. The Kier molecular flexibility index (Phi) is 2.93. The molecular weight excluding hydrogens is 252 g/mol. The zero-order valence-corrected chi connectivity index (χ0v) is 11.8. The number of aromatic nitrogens is 2. The number of furan rings is 1. The molecule has 0 spiro atoms. The maximum absolute atomic E-state index is 12.6. The normalized spacial score (nSPS) is 11.2. The first-order valence-corrected chi connectivity index (χ1v) is 6.68. The molecule has 0 aliphatic carbocycles. The van der Waals surface area contributed by atoms with Crippen LogP contribution >= 0.6 is 0 Å². The second-order valence-electron chi connectivity index (χ2n) is 4.92. The Bertz CT molecular complexity index is 796. The molecule has 3 rings (SSSR count). The number of hydrogen-bond acceptors (Lipinski definition) is 3. The maximum atomic E-state index is 12.6. The highest BCUT2D eigenvalue weighted by Gasteiger charge is 2.19. The summed E-state index contributed by atoms with van der Waals surface area (Å²) >= 11 is 0. The summed E-state index contributed by atoms with van der Waals surface area (Å²) in [6.45, 7) is 6.48. The molecule has 3 aromatic rings. The summed E-state index contributed by atoms with van der Waals surface area (Å²) in [6, 6.07) is 9.48. The van der Waals surface area contributed by atoms with Gasteiger partial charge in [0.25, 0.3) is 0 Å². The molecule has 0 saturated carbocycles. The fraction of sp³-hybridized carbons (Fsp3) is 0.250. The van der Waals surface area contributed by atoms with Crippen LogP contribution in [0.2, 0.25) is 0 Å². The molecule has 4 heteroatoms. The predicted molar refractivity (Wildman–Crippen MR) is 77.0 cm³/mol. The molecule has 1 aromatic carbocycles. The van der Waals surface area contributed by atoms with E-state index in [0.29, 0.717) is 18.0 Å². The Labute approximate surface area is 117 Å². The van der Waals surface area contributed by atoms with Gasteiger partial charge >= 0.3 is 0 Å². The van der Waals surface area contributed by atoms with E-state index < -0.39 is 0 Å². The second kappa shape index (κ2) is 4.63. The van der Waals surface area contributed by atoms with Crippen molar-refractivity contribution in [2.75, 3.05) is 0 Å². The van der Waals surface area contributed by atoms with Gasteiger partial charge in [-0.2, -0.15) is 5.10 Å². The van der Waals surface area contributed by atoms with Crippen molar-refractivity contribution < 1.29 is 9.21 Å². The van der Waals surface area contributed by atoms with Gasteiger partial charge in [-0.3, -0.25) is 9.48 Å². The van der Waals surface area contributed by atoms with E-state index in [2.05, 4.69) is 5.10 Å². The lowest BCUT2D eigenvalue weighted by atomic mass is 10.1. The molecule has 0 aliphatic heterocycles. The summed E-state index contributed by atoms with van der Waals surface area (Å²) in [5, 5.41) is 5.25. The lowest BCUT2D eigenvalue weighted by molar-refractivity contribution is 0.100. The van der Waals surface area contributed by atoms with E-state index in [9.17, 15) is 4.79 Å². The molecular formula is C16H16N2O2. The molecule has 0 saturated heterocycles. The van der Waals surface area contributed by atoms with Crippen molar-refractivity contribution in [2.45, 2.75) is 27.3 Å². The topological polar surface area (TPSA) is 48.0 Å². The van der Waals surface area contributed by atoms with Gasteiger partial charge in [-0.1, -0.05) is 18.2 Å². The standard InChI is InChI=1S/C16H16N2O2/c1-4-18-13(8-11(3)17-18)15(19)14-9-12-7-5-6-10(2)16(12)20-14/h5-9H,4H2,1-3H3. The van der Waals surface area contributed by atoms with E-state index in [1.807, 2.05) is 39.0 Å². The third kappa shape index (κ3) is 1.93. The van der Waals surface area contributed by atoms with Crippen molar-refractivity contribution in [1.82, 2.24) is 9.78 Å². The van der Waals surface area contributed by atoms with E-state index in [4.69, 9.17) is 4.42 Å². The van der Waals surface area contributed by atoms with Crippen molar-refractivity contribution in [2.24, 2.45) is 0 Å². The van der Waals surface area contributed by atoms with E-state index in [1.54, 1.807) is 16.8 Å². The van der Waals surface area contributed by atoms with Gasteiger partial charge < -0.3 is 4.42 Å². The Morgan fingerprint density at radius 2 is 2.10 bits per heavy atom. The van der Waals surface area contributed by atoms with Crippen LogP contribution in [0.5, 0.6) is 0 Å². The highest BCUT2D eigenvalue weighted by atomic mass is 16.3. The summed E-state index contributed by atoms with van der Waals surface area (Å²) in [6.07, 6.45) is 0. The fourth-order valence-electron chi connectivity index (χ4n) is 2.42. The monoisotopic (exact) mass is 268 g/mol. The first kappa shape index (κ1) is 12.7. The van der Waals surface area contributed by atoms with E-state index in [1.165, 1.54) is 0 Å². The Balaban J connectivity index is 2.10. The molecule has 0 bridgehead atoms. The summed E-state index contributed by atoms with van der Waals surface area (Å²) in [4.78, 5) is 12.6. The molecule has 0 N–H and O–H groups in total. The van der Waals surface area contributed by atoms with Gasteiger partial charge in [0.2, 0.25) is 5.78 Å². The van der Waals surface area contributed by atoms with Gasteiger partial charge in [0, 0.05) is 11.9 Å². The highest BCUT2D eigenvalue weighted by Crippen LogP contribution is 2.24. The molecule has 2 aromatic heterocycles. The van der Waals surface area contributed by atoms with E-state index in [0.717, 1.165) is 22.2 Å². The zero-order valence-electron chi connectivity index (χ0n) is 11.8. The summed E-state index contributed by atoms with van der Waals surface area (Å²) in [5.74, 6) is 0.243. The number of nitrogens with zero attached hydrogens (tertiary/aromatic N) is 2. The average molecular weight is 268 g/mol. The molecule has 0 fully saturated rings.